The second-order valence-corrected chi connectivity index (χ2v) is 7.55. The zero-order valence-corrected chi connectivity index (χ0v) is 11.4. The summed E-state index contributed by atoms with van der Waals surface area (Å²) in [5, 5.41) is 19.3. The molecule has 1 aliphatic rings. The van der Waals surface area contributed by atoms with E-state index in [0.717, 1.165) is 17.1 Å². The van der Waals surface area contributed by atoms with Crippen molar-refractivity contribution >= 4 is 23.5 Å². The van der Waals surface area contributed by atoms with Gasteiger partial charge in [0.25, 0.3) is 0 Å². The molecule has 4 heteroatoms. The molecule has 0 aromatic heterocycles. The molecule has 0 radical (unpaired) electrons. The molecule has 1 fully saturated rings. The molecule has 90 valence electrons. The first-order valence-electron chi connectivity index (χ1n) is 5.62. The average Bonchev–Trinajstić information content (AvgIpc) is 2.39. The van der Waals surface area contributed by atoms with Crippen LogP contribution in [0.25, 0.3) is 0 Å². The van der Waals surface area contributed by atoms with Gasteiger partial charge < -0.3 is 5.11 Å². The molecule has 1 saturated heterocycles. The maximum atomic E-state index is 10.5. The molecule has 2 nitrogen and oxygen atoms in total. The SMILES string of the molecule is CC1(C(O)c2cccc(C#N)c2)SCCCS1. The largest absolute Gasteiger partial charge is 0.386 e. The number of rotatable bonds is 2. The second-order valence-electron chi connectivity index (χ2n) is 4.21. The molecular weight excluding hydrogens is 250 g/mol. The molecule has 1 N–H and O–H groups in total. The minimum atomic E-state index is -0.522. The molecule has 1 heterocycles. The maximum absolute atomic E-state index is 10.5. The maximum Gasteiger partial charge on any atom is 0.103 e. The van der Waals surface area contributed by atoms with Crippen LogP contribution < -0.4 is 0 Å². The summed E-state index contributed by atoms with van der Waals surface area (Å²) in [6, 6.07) is 9.39. The number of thioether (sulfide) groups is 2. The fraction of sp³-hybridized carbons (Fsp3) is 0.462. The van der Waals surface area contributed by atoms with Gasteiger partial charge in [-0.05, 0) is 42.5 Å². The number of nitriles is 1. The first kappa shape index (κ1) is 12.8. The number of aliphatic hydroxyl groups is 1. The van der Waals surface area contributed by atoms with Gasteiger partial charge >= 0.3 is 0 Å². The lowest BCUT2D eigenvalue weighted by molar-refractivity contribution is 0.169. The van der Waals surface area contributed by atoms with Crippen LogP contribution in [0.1, 0.15) is 30.6 Å². The Balaban J connectivity index is 2.23. The van der Waals surface area contributed by atoms with Gasteiger partial charge in [-0.25, -0.2) is 0 Å². The van der Waals surface area contributed by atoms with Gasteiger partial charge in [-0.2, -0.15) is 5.26 Å². The van der Waals surface area contributed by atoms with Crippen LogP contribution in [0.3, 0.4) is 0 Å². The Morgan fingerprint density at radius 1 is 1.41 bits per heavy atom. The lowest BCUT2D eigenvalue weighted by Gasteiger charge is -2.36. The Bertz CT molecular complexity index is 435. The highest BCUT2D eigenvalue weighted by atomic mass is 32.2. The van der Waals surface area contributed by atoms with Gasteiger partial charge in [0, 0.05) is 0 Å². The van der Waals surface area contributed by atoms with E-state index in [2.05, 4.69) is 13.0 Å². The predicted molar refractivity (Wildman–Crippen MR) is 74.1 cm³/mol. The van der Waals surface area contributed by atoms with E-state index in [1.807, 2.05) is 35.7 Å². The van der Waals surface area contributed by atoms with E-state index < -0.39 is 6.10 Å². The van der Waals surface area contributed by atoms with Crippen molar-refractivity contribution in [2.45, 2.75) is 23.5 Å². The second kappa shape index (κ2) is 5.34. The molecular formula is C13H15NOS2. The van der Waals surface area contributed by atoms with E-state index in [1.165, 1.54) is 6.42 Å². The number of nitrogens with zero attached hydrogens (tertiary/aromatic N) is 1. The fourth-order valence-electron chi connectivity index (χ4n) is 1.89. The van der Waals surface area contributed by atoms with Gasteiger partial charge in [-0.1, -0.05) is 12.1 Å². The lowest BCUT2D eigenvalue weighted by Crippen LogP contribution is -2.29. The third kappa shape index (κ3) is 2.79. The summed E-state index contributed by atoms with van der Waals surface area (Å²) in [5.74, 6) is 2.19. The molecule has 1 aliphatic heterocycles. The van der Waals surface area contributed by atoms with Crippen molar-refractivity contribution in [2.75, 3.05) is 11.5 Å². The smallest absolute Gasteiger partial charge is 0.103 e. The van der Waals surface area contributed by atoms with Crippen LogP contribution in [0.4, 0.5) is 0 Å². The molecule has 1 aromatic rings. The summed E-state index contributed by atoms with van der Waals surface area (Å²) in [6.45, 7) is 2.09. The van der Waals surface area contributed by atoms with Crippen molar-refractivity contribution in [2.24, 2.45) is 0 Å². The first-order valence-corrected chi connectivity index (χ1v) is 7.59. The van der Waals surface area contributed by atoms with E-state index in [0.29, 0.717) is 5.56 Å². The zero-order valence-electron chi connectivity index (χ0n) is 9.72. The van der Waals surface area contributed by atoms with Crippen molar-refractivity contribution < 1.29 is 5.11 Å². The summed E-state index contributed by atoms with van der Waals surface area (Å²) in [5.41, 5.74) is 1.45. The number of benzene rings is 1. The molecule has 0 spiro atoms. The van der Waals surface area contributed by atoms with Crippen LogP contribution in [0.5, 0.6) is 0 Å². The van der Waals surface area contributed by atoms with Crippen molar-refractivity contribution in [3.63, 3.8) is 0 Å². The highest BCUT2D eigenvalue weighted by Gasteiger charge is 2.37. The number of aliphatic hydroxyl groups excluding tert-OH is 1. The van der Waals surface area contributed by atoms with E-state index in [-0.39, 0.29) is 4.08 Å². The molecule has 1 unspecified atom stereocenters. The normalized spacial score (nSPS) is 20.5. The van der Waals surface area contributed by atoms with Gasteiger partial charge in [-0.15, -0.1) is 23.5 Å². The Kier molecular flexibility index (Phi) is 4.03. The first-order chi connectivity index (χ1) is 8.15. The quantitative estimate of drug-likeness (QED) is 0.892. The van der Waals surface area contributed by atoms with Crippen LogP contribution in [-0.2, 0) is 0 Å². The highest BCUT2D eigenvalue weighted by Crippen LogP contribution is 2.49. The fourth-order valence-corrected chi connectivity index (χ4v) is 4.88. The van der Waals surface area contributed by atoms with Crippen molar-refractivity contribution in [1.82, 2.24) is 0 Å². The topological polar surface area (TPSA) is 44.0 Å². The summed E-state index contributed by atoms with van der Waals surface area (Å²) in [7, 11) is 0. The van der Waals surface area contributed by atoms with Crippen LogP contribution in [0, 0.1) is 11.3 Å². The zero-order chi connectivity index (χ0) is 12.3. The summed E-state index contributed by atoms with van der Waals surface area (Å²) in [6.07, 6.45) is 0.682. The molecule has 0 amide bonds. The van der Waals surface area contributed by atoms with Gasteiger partial charge in [0.1, 0.15) is 6.10 Å². The molecule has 1 aromatic carbocycles. The minimum Gasteiger partial charge on any atom is -0.386 e. The van der Waals surface area contributed by atoms with Crippen molar-refractivity contribution in [3.05, 3.63) is 35.4 Å². The lowest BCUT2D eigenvalue weighted by atomic mass is 10.0. The van der Waals surface area contributed by atoms with Crippen molar-refractivity contribution in [3.8, 4) is 6.07 Å². The molecule has 0 saturated carbocycles. The minimum absolute atomic E-state index is 0.188. The molecule has 1 atom stereocenters. The third-order valence-corrected chi connectivity index (χ3v) is 6.18. The van der Waals surface area contributed by atoms with Gasteiger partial charge in [0.05, 0.1) is 15.7 Å². The Morgan fingerprint density at radius 3 is 2.76 bits per heavy atom. The standard InChI is InChI=1S/C13H15NOS2/c1-13(16-6-3-7-17-13)12(15)11-5-2-4-10(8-11)9-14/h2,4-5,8,12,15H,3,6-7H2,1H3. The van der Waals surface area contributed by atoms with Crippen LogP contribution >= 0.6 is 23.5 Å². The van der Waals surface area contributed by atoms with Crippen molar-refractivity contribution in [1.29, 1.82) is 5.26 Å². The third-order valence-electron chi connectivity index (χ3n) is 2.89. The average molecular weight is 265 g/mol. The molecule has 0 bridgehead atoms. The molecule has 2 rings (SSSR count). The monoisotopic (exact) mass is 265 g/mol. The summed E-state index contributed by atoms with van der Waals surface area (Å²) in [4.78, 5) is 0. The molecule has 0 aliphatic carbocycles. The van der Waals surface area contributed by atoms with Gasteiger partial charge in [0.15, 0.2) is 0 Å². The van der Waals surface area contributed by atoms with Gasteiger partial charge in [0.2, 0.25) is 0 Å². The predicted octanol–water partition coefficient (Wildman–Crippen LogP) is 3.18. The van der Waals surface area contributed by atoms with E-state index >= 15 is 0 Å². The van der Waals surface area contributed by atoms with E-state index in [1.54, 1.807) is 12.1 Å². The van der Waals surface area contributed by atoms with Gasteiger partial charge in [-0.3, -0.25) is 0 Å². The Labute approximate surface area is 110 Å². The number of hydrogen-bond acceptors (Lipinski definition) is 4. The van der Waals surface area contributed by atoms with Crippen LogP contribution in [0.15, 0.2) is 24.3 Å². The summed E-state index contributed by atoms with van der Waals surface area (Å²) >= 11 is 3.62. The Morgan fingerprint density at radius 2 is 2.12 bits per heavy atom. The molecule has 17 heavy (non-hydrogen) atoms. The van der Waals surface area contributed by atoms with Crippen LogP contribution in [-0.4, -0.2) is 20.7 Å². The Hall–Kier alpha value is -0.630. The highest BCUT2D eigenvalue weighted by molar-refractivity contribution is 8.18. The summed E-state index contributed by atoms with van der Waals surface area (Å²) < 4.78 is -0.188. The van der Waals surface area contributed by atoms with E-state index in [9.17, 15) is 5.11 Å². The number of hydrogen-bond donors (Lipinski definition) is 1. The van der Waals surface area contributed by atoms with E-state index in [4.69, 9.17) is 5.26 Å². The van der Waals surface area contributed by atoms with Crippen LogP contribution in [0.2, 0.25) is 0 Å².